The molecule has 0 radical (unpaired) electrons. The number of rotatable bonds is 9. The summed E-state index contributed by atoms with van der Waals surface area (Å²) in [5.41, 5.74) is -1.08. The van der Waals surface area contributed by atoms with Gasteiger partial charge in [-0.05, 0) is 44.5 Å². The number of para-hydroxylation sites is 2. The Morgan fingerprint density at radius 3 is 2.29 bits per heavy atom. The van der Waals surface area contributed by atoms with Crippen molar-refractivity contribution in [1.82, 2.24) is 10.3 Å². The maximum atomic E-state index is 12.8. The number of nitrogens with one attached hydrogen (secondary N) is 1. The van der Waals surface area contributed by atoms with Gasteiger partial charge in [0.05, 0.1) is 19.3 Å². The van der Waals surface area contributed by atoms with E-state index in [-0.39, 0.29) is 13.2 Å². The van der Waals surface area contributed by atoms with Crippen molar-refractivity contribution < 1.29 is 35.9 Å². The Kier molecular flexibility index (Phi) is 7.53. The third kappa shape index (κ3) is 5.66. The van der Waals surface area contributed by atoms with Crippen molar-refractivity contribution in [3.05, 3.63) is 48.2 Å². The molecule has 0 fully saturated rings. The first-order valence-corrected chi connectivity index (χ1v) is 10.7. The Hall–Kier alpha value is -2.82. The Bertz CT molecular complexity index is 1010. The smallest absolute Gasteiger partial charge is 0.417 e. The van der Waals surface area contributed by atoms with E-state index in [0.29, 0.717) is 30.2 Å². The van der Waals surface area contributed by atoms with Crippen molar-refractivity contribution in [2.75, 3.05) is 20.3 Å². The van der Waals surface area contributed by atoms with Crippen molar-refractivity contribution in [2.45, 2.75) is 36.2 Å². The molecule has 0 aliphatic carbocycles. The fraction of sp³-hybridized carbons (Fsp3) is 0.400. The quantitative estimate of drug-likeness (QED) is 0.578. The number of pyridine rings is 1. The highest BCUT2D eigenvalue weighted by atomic mass is 32.2. The molecule has 0 aliphatic rings. The second kappa shape index (κ2) is 9.54. The number of benzene rings is 1. The van der Waals surface area contributed by atoms with E-state index in [0.717, 1.165) is 6.07 Å². The summed E-state index contributed by atoms with van der Waals surface area (Å²) in [5.74, 6) is 0.293. The van der Waals surface area contributed by atoms with Crippen LogP contribution in [0.4, 0.5) is 13.2 Å². The van der Waals surface area contributed by atoms with Gasteiger partial charge in [0, 0.05) is 12.7 Å². The first-order chi connectivity index (χ1) is 14.4. The summed E-state index contributed by atoms with van der Waals surface area (Å²) < 4.78 is 72.3. The fourth-order valence-corrected chi connectivity index (χ4v) is 3.78. The standard InChI is InChI=1S/C20H23F3N2O5S/c1-19(2,31(27,28)17-10-9-14(13-25-17)20(21,22)23)18(26)24-11-6-12-30-16-8-5-4-7-15(16)29-3/h4-5,7-10,13H,6,11-12H2,1-3H3,(H,24,26). The minimum atomic E-state index is -4.64. The lowest BCUT2D eigenvalue weighted by Gasteiger charge is -2.23. The van der Waals surface area contributed by atoms with E-state index in [2.05, 4.69) is 10.3 Å². The Morgan fingerprint density at radius 2 is 1.74 bits per heavy atom. The molecule has 2 rings (SSSR count). The van der Waals surface area contributed by atoms with Crippen molar-refractivity contribution in [3.8, 4) is 11.5 Å². The van der Waals surface area contributed by atoms with Gasteiger partial charge in [0.1, 0.15) is 0 Å². The van der Waals surface area contributed by atoms with Crippen molar-refractivity contribution >= 4 is 15.7 Å². The minimum Gasteiger partial charge on any atom is -0.493 e. The summed E-state index contributed by atoms with van der Waals surface area (Å²) >= 11 is 0. The average Bonchev–Trinajstić information content (AvgIpc) is 2.72. The lowest BCUT2D eigenvalue weighted by atomic mass is 10.2. The molecule has 1 aromatic heterocycles. The van der Waals surface area contributed by atoms with Crippen LogP contribution in [0, 0.1) is 0 Å². The van der Waals surface area contributed by atoms with Crippen molar-refractivity contribution in [2.24, 2.45) is 0 Å². The summed E-state index contributed by atoms with van der Waals surface area (Å²) in [5, 5.41) is 1.90. The van der Waals surface area contributed by atoms with E-state index in [9.17, 15) is 26.4 Å². The van der Waals surface area contributed by atoms with Crippen LogP contribution in [-0.2, 0) is 20.8 Å². The van der Waals surface area contributed by atoms with Gasteiger partial charge in [0.25, 0.3) is 0 Å². The molecule has 0 spiro atoms. The zero-order chi connectivity index (χ0) is 23.3. The number of carbonyl (C=O) groups excluding carboxylic acids is 1. The van der Waals surface area contributed by atoms with E-state index in [1.807, 2.05) is 0 Å². The van der Waals surface area contributed by atoms with Crippen LogP contribution in [-0.4, -0.2) is 44.3 Å². The summed E-state index contributed by atoms with van der Waals surface area (Å²) in [7, 11) is -2.82. The number of sulfone groups is 1. The fourth-order valence-electron chi connectivity index (χ4n) is 2.50. The Labute approximate surface area is 178 Å². The van der Waals surface area contributed by atoms with Gasteiger partial charge in [-0.15, -0.1) is 0 Å². The molecule has 0 aliphatic heterocycles. The van der Waals surface area contributed by atoms with Gasteiger partial charge in [-0.2, -0.15) is 13.2 Å². The topological polar surface area (TPSA) is 94.6 Å². The number of halogens is 3. The molecule has 0 unspecified atom stereocenters. The lowest BCUT2D eigenvalue weighted by molar-refractivity contribution is -0.137. The molecular formula is C20H23F3N2O5S. The van der Waals surface area contributed by atoms with Crippen LogP contribution in [0.2, 0.25) is 0 Å². The van der Waals surface area contributed by atoms with Crippen molar-refractivity contribution in [3.63, 3.8) is 0 Å². The van der Waals surface area contributed by atoms with E-state index in [1.54, 1.807) is 24.3 Å². The van der Waals surface area contributed by atoms with Crippen LogP contribution in [0.25, 0.3) is 0 Å². The molecule has 7 nitrogen and oxygen atoms in total. The summed E-state index contributed by atoms with van der Waals surface area (Å²) in [4.78, 5) is 15.9. The number of carbonyl (C=O) groups is 1. The first-order valence-electron chi connectivity index (χ1n) is 9.23. The zero-order valence-electron chi connectivity index (χ0n) is 17.2. The predicted octanol–water partition coefficient (Wildman–Crippen LogP) is 3.25. The monoisotopic (exact) mass is 460 g/mol. The number of alkyl halides is 3. The van der Waals surface area contributed by atoms with Gasteiger partial charge in [0.2, 0.25) is 15.7 Å². The number of amides is 1. The third-order valence-electron chi connectivity index (χ3n) is 4.49. The van der Waals surface area contributed by atoms with Crippen LogP contribution < -0.4 is 14.8 Å². The first kappa shape index (κ1) is 24.4. The number of nitrogens with zero attached hydrogens (tertiary/aromatic N) is 1. The van der Waals surface area contributed by atoms with Gasteiger partial charge in [0.15, 0.2) is 21.3 Å². The molecule has 11 heteroatoms. The maximum absolute atomic E-state index is 12.8. The van der Waals surface area contributed by atoms with Crippen LogP contribution in [0.15, 0.2) is 47.6 Å². The molecule has 0 saturated heterocycles. The molecule has 1 amide bonds. The van der Waals surface area contributed by atoms with E-state index >= 15 is 0 Å². The molecule has 1 aromatic carbocycles. The normalized spacial score (nSPS) is 12.3. The van der Waals surface area contributed by atoms with Crippen LogP contribution in [0.1, 0.15) is 25.8 Å². The average molecular weight is 460 g/mol. The second-order valence-corrected chi connectivity index (χ2v) is 9.45. The van der Waals surface area contributed by atoms with Gasteiger partial charge in [-0.25, -0.2) is 13.4 Å². The van der Waals surface area contributed by atoms with Crippen LogP contribution >= 0.6 is 0 Å². The van der Waals surface area contributed by atoms with Gasteiger partial charge in [-0.1, -0.05) is 12.1 Å². The third-order valence-corrected chi connectivity index (χ3v) is 6.81. The van der Waals surface area contributed by atoms with E-state index < -0.39 is 37.3 Å². The maximum Gasteiger partial charge on any atom is 0.417 e. The SMILES string of the molecule is COc1ccccc1OCCCNC(=O)C(C)(C)S(=O)(=O)c1ccc(C(F)(F)F)cn1. The highest BCUT2D eigenvalue weighted by molar-refractivity contribution is 7.93. The van der Waals surface area contributed by atoms with Gasteiger partial charge < -0.3 is 14.8 Å². The molecule has 170 valence electrons. The number of aromatic nitrogens is 1. The van der Waals surface area contributed by atoms with Crippen LogP contribution in [0.3, 0.4) is 0 Å². The Balaban J connectivity index is 1.95. The largest absolute Gasteiger partial charge is 0.493 e. The van der Waals surface area contributed by atoms with Crippen molar-refractivity contribution in [1.29, 1.82) is 0 Å². The second-order valence-electron chi connectivity index (χ2n) is 7.01. The highest BCUT2D eigenvalue weighted by Gasteiger charge is 2.44. The van der Waals surface area contributed by atoms with Gasteiger partial charge in [-0.3, -0.25) is 4.79 Å². The van der Waals surface area contributed by atoms with E-state index in [1.165, 1.54) is 21.0 Å². The number of hydrogen-bond donors (Lipinski definition) is 1. The molecule has 0 bridgehead atoms. The zero-order valence-corrected chi connectivity index (χ0v) is 18.0. The molecular weight excluding hydrogens is 437 g/mol. The number of hydrogen-bond acceptors (Lipinski definition) is 6. The number of methoxy groups -OCH3 is 1. The molecule has 0 atom stereocenters. The highest BCUT2D eigenvalue weighted by Crippen LogP contribution is 2.30. The van der Waals surface area contributed by atoms with E-state index in [4.69, 9.17) is 9.47 Å². The lowest BCUT2D eigenvalue weighted by Crippen LogP contribution is -2.48. The number of ether oxygens (including phenoxy) is 2. The van der Waals surface area contributed by atoms with Gasteiger partial charge >= 0.3 is 6.18 Å². The molecule has 2 aromatic rings. The summed E-state index contributed by atoms with van der Waals surface area (Å²) in [6.45, 7) is 2.71. The predicted molar refractivity (Wildman–Crippen MR) is 107 cm³/mol. The molecule has 0 saturated carbocycles. The summed E-state index contributed by atoms with van der Waals surface area (Å²) in [6.07, 6.45) is -3.83. The minimum absolute atomic E-state index is 0.132. The van der Waals surface area contributed by atoms with Crippen LogP contribution in [0.5, 0.6) is 11.5 Å². The molecule has 1 heterocycles. The molecule has 1 N–H and O–H groups in total. The molecule has 31 heavy (non-hydrogen) atoms. The summed E-state index contributed by atoms with van der Waals surface area (Å²) in [6, 6.07) is 8.39. The Morgan fingerprint density at radius 1 is 1.10 bits per heavy atom.